The van der Waals surface area contributed by atoms with E-state index in [4.69, 9.17) is 4.74 Å². The number of ether oxygens (including phenoxy) is 1. The van der Waals surface area contributed by atoms with Gasteiger partial charge in [-0.25, -0.2) is 4.98 Å². The van der Waals surface area contributed by atoms with Crippen molar-refractivity contribution in [2.45, 2.75) is 32.9 Å². The zero-order valence-electron chi connectivity index (χ0n) is 16.0. The summed E-state index contributed by atoms with van der Waals surface area (Å²) >= 11 is 0. The van der Waals surface area contributed by atoms with Crippen LogP contribution >= 0.6 is 0 Å². The number of aromatic nitrogens is 2. The van der Waals surface area contributed by atoms with Gasteiger partial charge in [0.15, 0.2) is 0 Å². The summed E-state index contributed by atoms with van der Waals surface area (Å²) in [6.45, 7) is 4.00. The molecule has 5 heteroatoms. The van der Waals surface area contributed by atoms with Gasteiger partial charge in [-0.05, 0) is 42.2 Å². The second kappa shape index (κ2) is 8.54. The molecule has 0 saturated carbocycles. The number of amides is 1. The fourth-order valence-electron chi connectivity index (χ4n) is 3.05. The quantitative estimate of drug-likeness (QED) is 0.696. The van der Waals surface area contributed by atoms with Crippen LogP contribution in [0.3, 0.4) is 0 Å². The maximum Gasteiger partial charge on any atom is 0.217 e. The van der Waals surface area contributed by atoms with Crippen molar-refractivity contribution >= 4 is 5.91 Å². The van der Waals surface area contributed by atoms with Gasteiger partial charge in [-0.15, -0.1) is 0 Å². The molecule has 0 fully saturated rings. The van der Waals surface area contributed by atoms with Gasteiger partial charge in [0.2, 0.25) is 5.91 Å². The second-order valence-corrected chi connectivity index (χ2v) is 6.85. The maximum atomic E-state index is 11.1. The molecule has 3 aromatic rings. The van der Waals surface area contributed by atoms with Crippen LogP contribution in [-0.2, 0) is 24.9 Å². The van der Waals surface area contributed by atoms with Gasteiger partial charge in [0.1, 0.15) is 12.4 Å². The van der Waals surface area contributed by atoms with E-state index in [0.717, 1.165) is 29.0 Å². The minimum atomic E-state index is 0.00152. The highest BCUT2D eigenvalue weighted by Gasteiger charge is 2.06. The average molecular weight is 363 g/mol. The van der Waals surface area contributed by atoms with Gasteiger partial charge in [0.05, 0.1) is 12.0 Å². The van der Waals surface area contributed by atoms with Crippen LogP contribution in [0.2, 0.25) is 0 Å². The third-order valence-electron chi connectivity index (χ3n) is 4.26. The Hall–Kier alpha value is -3.08. The lowest BCUT2D eigenvalue weighted by Crippen LogP contribution is -2.31. The first-order chi connectivity index (χ1) is 13.0. The number of hydrogen-bond acceptors (Lipinski definition) is 3. The zero-order valence-corrected chi connectivity index (χ0v) is 16.0. The van der Waals surface area contributed by atoms with Gasteiger partial charge < -0.3 is 14.6 Å². The predicted octanol–water partition coefficient (Wildman–Crippen LogP) is 3.73. The van der Waals surface area contributed by atoms with Crippen molar-refractivity contribution in [1.29, 1.82) is 0 Å². The Morgan fingerprint density at radius 2 is 1.96 bits per heavy atom. The monoisotopic (exact) mass is 363 g/mol. The molecule has 1 aromatic heterocycles. The molecule has 1 unspecified atom stereocenters. The Morgan fingerprint density at radius 1 is 1.19 bits per heavy atom. The molecule has 0 aliphatic carbocycles. The van der Waals surface area contributed by atoms with Crippen LogP contribution in [0.15, 0.2) is 61.1 Å². The fraction of sp³-hybridized carbons (Fsp3) is 0.273. The van der Waals surface area contributed by atoms with Crippen LogP contribution in [0.5, 0.6) is 5.75 Å². The summed E-state index contributed by atoms with van der Waals surface area (Å²) in [5, 5.41) is 2.91. The van der Waals surface area contributed by atoms with E-state index >= 15 is 0 Å². The van der Waals surface area contributed by atoms with Gasteiger partial charge in [-0.2, -0.15) is 0 Å². The van der Waals surface area contributed by atoms with E-state index in [-0.39, 0.29) is 11.9 Å². The summed E-state index contributed by atoms with van der Waals surface area (Å²) in [4.78, 5) is 15.4. The van der Waals surface area contributed by atoms with Gasteiger partial charge in [-0.1, -0.05) is 36.4 Å². The Labute approximate surface area is 160 Å². The van der Waals surface area contributed by atoms with Crippen molar-refractivity contribution in [3.8, 4) is 16.9 Å². The standard InChI is InChI=1S/C22H25N3O2/c1-16(24-17(2)26)11-18-7-9-19(10-8-18)20-5-4-6-22(12-20)27-14-21-13-25(3)15-23-21/h4-10,12-13,15-16H,11,14H2,1-3H3,(H,24,26). The first kappa shape index (κ1) is 18.7. The summed E-state index contributed by atoms with van der Waals surface area (Å²) in [6, 6.07) is 16.6. The largest absolute Gasteiger partial charge is 0.487 e. The number of carbonyl (C=O) groups is 1. The van der Waals surface area contributed by atoms with Gasteiger partial charge in [-0.3, -0.25) is 4.79 Å². The minimum absolute atomic E-state index is 0.00152. The minimum Gasteiger partial charge on any atom is -0.487 e. The molecular weight excluding hydrogens is 338 g/mol. The number of imidazole rings is 1. The van der Waals surface area contributed by atoms with E-state index in [1.54, 1.807) is 13.3 Å². The van der Waals surface area contributed by atoms with E-state index in [0.29, 0.717) is 6.61 Å². The van der Waals surface area contributed by atoms with E-state index in [9.17, 15) is 4.79 Å². The average Bonchev–Trinajstić information content (AvgIpc) is 3.05. The summed E-state index contributed by atoms with van der Waals surface area (Å²) in [6.07, 6.45) is 4.53. The van der Waals surface area contributed by atoms with Crippen molar-refractivity contribution < 1.29 is 9.53 Å². The number of carbonyl (C=O) groups excluding carboxylic acids is 1. The molecule has 1 atom stereocenters. The van der Waals surface area contributed by atoms with Crippen LogP contribution in [-0.4, -0.2) is 21.5 Å². The van der Waals surface area contributed by atoms with Crippen LogP contribution in [0.25, 0.3) is 11.1 Å². The first-order valence-electron chi connectivity index (χ1n) is 9.06. The molecule has 140 valence electrons. The maximum absolute atomic E-state index is 11.1. The molecule has 0 saturated heterocycles. The number of rotatable bonds is 7. The molecule has 0 aliphatic heterocycles. The summed E-state index contributed by atoms with van der Waals surface area (Å²) in [5.41, 5.74) is 4.34. The molecule has 0 spiro atoms. The molecule has 0 radical (unpaired) electrons. The number of nitrogens with one attached hydrogen (secondary N) is 1. The zero-order chi connectivity index (χ0) is 19.2. The van der Waals surface area contributed by atoms with Crippen molar-refractivity contribution in [2.75, 3.05) is 0 Å². The smallest absolute Gasteiger partial charge is 0.217 e. The summed E-state index contributed by atoms with van der Waals surface area (Å²) < 4.78 is 7.77. The molecule has 27 heavy (non-hydrogen) atoms. The summed E-state index contributed by atoms with van der Waals surface area (Å²) in [7, 11) is 1.94. The Morgan fingerprint density at radius 3 is 2.63 bits per heavy atom. The van der Waals surface area contributed by atoms with Crippen LogP contribution in [0.4, 0.5) is 0 Å². The first-order valence-corrected chi connectivity index (χ1v) is 9.06. The normalized spacial score (nSPS) is 11.8. The molecule has 0 aliphatic rings. The molecule has 3 rings (SSSR count). The van der Waals surface area contributed by atoms with Gasteiger partial charge >= 0.3 is 0 Å². The van der Waals surface area contributed by atoms with E-state index < -0.39 is 0 Å². The van der Waals surface area contributed by atoms with Crippen LogP contribution in [0, 0.1) is 0 Å². The molecule has 1 N–H and O–H groups in total. The van der Waals surface area contributed by atoms with E-state index in [1.165, 1.54) is 5.56 Å². The highest BCUT2D eigenvalue weighted by molar-refractivity contribution is 5.73. The van der Waals surface area contributed by atoms with Gasteiger partial charge in [0.25, 0.3) is 0 Å². The number of benzene rings is 2. The fourth-order valence-corrected chi connectivity index (χ4v) is 3.05. The topological polar surface area (TPSA) is 56.1 Å². The van der Waals surface area contributed by atoms with Crippen LogP contribution < -0.4 is 10.1 Å². The Bertz CT molecular complexity index is 900. The predicted molar refractivity (Wildman–Crippen MR) is 106 cm³/mol. The Kier molecular flexibility index (Phi) is 5.91. The third kappa shape index (κ3) is 5.45. The lowest BCUT2D eigenvalue weighted by atomic mass is 10.0. The molecule has 2 aromatic carbocycles. The number of aryl methyl sites for hydroxylation is 1. The van der Waals surface area contributed by atoms with Crippen molar-refractivity contribution in [1.82, 2.24) is 14.9 Å². The molecular formula is C22H25N3O2. The van der Waals surface area contributed by atoms with E-state index in [2.05, 4.69) is 40.6 Å². The highest BCUT2D eigenvalue weighted by atomic mass is 16.5. The highest BCUT2D eigenvalue weighted by Crippen LogP contribution is 2.25. The summed E-state index contributed by atoms with van der Waals surface area (Å²) in [5.74, 6) is 0.822. The van der Waals surface area contributed by atoms with E-state index in [1.807, 2.05) is 42.9 Å². The Balaban J connectivity index is 1.64. The SMILES string of the molecule is CC(=O)NC(C)Cc1ccc(-c2cccc(OCc3cn(C)cn3)c2)cc1. The molecule has 0 bridgehead atoms. The second-order valence-electron chi connectivity index (χ2n) is 6.85. The van der Waals surface area contributed by atoms with Crippen molar-refractivity contribution in [2.24, 2.45) is 7.05 Å². The number of hydrogen-bond donors (Lipinski definition) is 1. The van der Waals surface area contributed by atoms with Crippen molar-refractivity contribution in [3.05, 3.63) is 72.3 Å². The molecule has 5 nitrogen and oxygen atoms in total. The van der Waals surface area contributed by atoms with Crippen molar-refractivity contribution in [3.63, 3.8) is 0 Å². The lowest BCUT2D eigenvalue weighted by molar-refractivity contribution is -0.119. The van der Waals surface area contributed by atoms with Crippen LogP contribution in [0.1, 0.15) is 25.1 Å². The lowest BCUT2D eigenvalue weighted by Gasteiger charge is -2.13. The molecule has 1 heterocycles. The van der Waals surface area contributed by atoms with Gasteiger partial charge in [0, 0.05) is 26.2 Å². The molecule has 1 amide bonds. The third-order valence-corrected chi connectivity index (χ3v) is 4.26. The number of nitrogens with zero attached hydrogens (tertiary/aromatic N) is 2.